The fourth-order valence-corrected chi connectivity index (χ4v) is 1.67. The van der Waals surface area contributed by atoms with E-state index in [0.29, 0.717) is 12.1 Å². The molecule has 2 N–H and O–H groups in total. The van der Waals surface area contributed by atoms with Crippen molar-refractivity contribution in [1.82, 2.24) is 0 Å². The van der Waals surface area contributed by atoms with Gasteiger partial charge < -0.3 is 14.8 Å². The molecule has 1 aromatic carbocycles. The lowest BCUT2D eigenvalue weighted by Gasteiger charge is -2.03. The summed E-state index contributed by atoms with van der Waals surface area (Å²) >= 11 is 5.62. The lowest BCUT2D eigenvalue weighted by Crippen LogP contribution is -2.10. The van der Waals surface area contributed by atoms with E-state index in [1.54, 1.807) is 18.2 Å². The fourth-order valence-electron chi connectivity index (χ4n) is 1.52. The third-order valence-corrected chi connectivity index (χ3v) is 2.59. The van der Waals surface area contributed by atoms with Crippen LogP contribution in [0.4, 0.5) is 5.69 Å². The molecule has 0 fully saturated rings. The zero-order valence-electron chi connectivity index (χ0n) is 10.5. The SMILES string of the molecule is O=C(Nc1cccc(C#CCCO)c1)c1ccc(Cl)o1. The summed E-state index contributed by atoms with van der Waals surface area (Å²) in [6, 6.07) is 10.1. The van der Waals surface area contributed by atoms with Crippen LogP contribution in [0.1, 0.15) is 22.5 Å². The van der Waals surface area contributed by atoms with Gasteiger partial charge in [0.25, 0.3) is 5.91 Å². The van der Waals surface area contributed by atoms with Gasteiger partial charge in [-0.05, 0) is 41.9 Å². The molecule has 0 saturated heterocycles. The summed E-state index contributed by atoms with van der Waals surface area (Å²) in [7, 11) is 0. The van der Waals surface area contributed by atoms with Crippen molar-refractivity contribution < 1.29 is 14.3 Å². The molecule has 1 heterocycles. The van der Waals surface area contributed by atoms with E-state index in [-0.39, 0.29) is 23.5 Å². The van der Waals surface area contributed by atoms with Crippen molar-refractivity contribution in [2.24, 2.45) is 0 Å². The summed E-state index contributed by atoms with van der Waals surface area (Å²) in [6.45, 7) is 0.0304. The summed E-state index contributed by atoms with van der Waals surface area (Å²) < 4.78 is 5.02. The first-order valence-electron chi connectivity index (χ1n) is 5.95. The number of carbonyl (C=O) groups excluding carboxylic acids is 1. The van der Waals surface area contributed by atoms with Gasteiger partial charge in [0.1, 0.15) is 0 Å². The Bertz CT molecular complexity index is 667. The Kier molecular flexibility index (Phi) is 4.83. The normalized spacial score (nSPS) is 9.70. The minimum Gasteiger partial charge on any atom is -0.440 e. The highest BCUT2D eigenvalue weighted by molar-refractivity contribution is 6.29. The van der Waals surface area contributed by atoms with Crippen molar-refractivity contribution in [3.05, 3.63) is 52.9 Å². The minimum absolute atomic E-state index is 0.0304. The highest BCUT2D eigenvalue weighted by Gasteiger charge is 2.10. The van der Waals surface area contributed by atoms with Gasteiger partial charge in [-0.2, -0.15) is 0 Å². The van der Waals surface area contributed by atoms with E-state index < -0.39 is 0 Å². The standard InChI is InChI=1S/C15H12ClNO3/c16-14-8-7-13(20-14)15(19)17-12-6-3-5-11(10-12)4-1-2-9-18/h3,5-8,10,18H,2,9H2,(H,17,19). The van der Waals surface area contributed by atoms with Crippen molar-refractivity contribution in [3.63, 3.8) is 0 Å². The molecule has 5 heteroatoms. The number of amides is 1. The van der Waals surface area contributed by atoms with Crippen molar-refractivity contribution >= 4 is 23.2 Å². The van der Waals surface area contributed by atoms with E-state index in [0.717, 1.165) is 5.56 Å². The molecule has 20 heavy (non-hydrogen) atoms. The van der Waals surface area contributed by atoms with Crippen LogP contribution in [-0.4, -0.2) is 17.6 Å². The van der Waals surface area contributed by atoms with Crippen LogP contribution < -0.4 is 5.32 Å². The molecule has 102 valence electrons. The van der Waals surface area contributed by atoms with Crippen LogP contribution in [-0.2, 0) is 0 Å². The average Bonchev–Trinajstić information content (AvgIpc) is 2.86. The van der Waals surface area contributed by atoms with Gasteiger partial charge in [-0.25, -0.2) is 0 Å². The first kappa shape index (κ1) is 14.2. The molecule has 0 radical (unpaired) electrons. The fraction of sp³-hybridized carbons (Fsp3) is 0.133. The Morgan fingerprint density at radius 2 is 2.20 bits per heavy atom. The Morgan fingerprint density at radius 1 is 1.35 bits per heavy atom. The Balaban J connectivity index is 2.08. The molecule has 0 aliphatic rings. The lowest BCUT2D eigenvalue weighted by molar-refractivity contribution is 0.0997. The molecule has 4 nitrogen and oxygen atoms in total. The number of carbonyl (C=O) groups is 1. The molecule has 0 aliphatic heterocycles. The predicted molar refractivity (Wildman–Crippen MR) is 76.7 cm³/mol. The maximum absolute atomic E-state index is 11.9. The van der Waals surface area contributed by atoms with E-state index in [1.807, 2.05) is 6.07 Å². The summed E-state index contributed by atoms with van der Waals surface area (Å²) in [5, 5.41) is 11.5. The first-order valence-corrected chi connectivity index (χ1v) is 6.33. The topological polar surface area (TPSA) is 62.5 Å². The smallest absolute Gasteiger partial charge is 0.291 e. The minimum atomic E-state index is -0.377. The first-order chi connectivity index (χ1) is 9.69. The van der Waals surface area contributed by atoms with Gasteiger partial charge in [0.15, 0.2) is 11.0 Å². The second-order valence-corrected chi connectivity index (χ2v) is 4.29. The van der Waals surface area contributed by atoms with Gasteiger partial charge in [0.05, 0.1) is 6.61 Å². The summed E-state index contributed by atoms with van der Waals surface area (Å²) in [6.07, 6.45) is 0.418. The van der Waals surface area contributed by atoms with Crippen molar-refractivity contribution in [2.75, 3.05) is 11.9 Å². The monoisotopic (exact) mass is 289 g/mol. The van der Waals surface area contributed by atoms with E-state index in [4.69, 9.17) is 21.1 Å². The highest BCUT2D eigenvalue weighted by Crippen LogP contribution is 2.16. The van der Waals surface area contributed by atoms with Crippen LogP contribution in [0, 0.1) is 11.8 Å². The Labute approximate surface area is 121 Å². The number of nitrogens with one attached hydrogen (secondary N) is 1. The molecule has 2 rings (SSSR count). The lowest BCUT2D eigenvalue weighted by atomic mass is 10.2. The molecule has 2 aromatic rings. The molecule has 0 aliphatic carbocycles. The maximum Gasteiger partial charge on any atom is 0.291 e. The summed E-state index contributed by atoms with van der Waals surface area (Å²) in [5.74, 6) is 5.48. The summed E-state index contributed by atoms with van der Waals surface area (Å²) in [4.78, 5) is 11.9. The largest absolute Gasteiger partial charge is 0.440 e. The second kappa shape index (κ2) is 6.80. The number of hydrogen-bond donors (Lipinski definition) is 2. The molecule has 0 saturated carbocycles. The van der Waals surface area contributed by atoms with Crippen molar-refractivity contribution in [1.29, 1.82) is 0 Å². The number of rotatable bonds is 3. The number of hydrogen-bond acceptors (Lipinski definition) is 3. The zero-order chi connectivity index (χ0) is 14.4. The number of aliphatic hydroxyl groups is 1. The molecule has 1 aromatic heterocycles. The quantitative estimate of drug-likeness (QED) is 0.854. The van der Waals surface area contributed by atoms with Crippen molar-refractivity contribution in [2.45, 2.75) is 6.42 Å². The van der Waals surface area contributed by atoms with Crippen LogP contribution in [0.15, 0.2) is 40.8 Å². The van der Waals surface area contributed by atoms with Crippen LogP contribution in [0.5, 0.6) is 0 Å². The van der Waals surface area contributed by atoms with Crippen molar-refractivity contribution in [3.8, 4) is 11.8 Å². The van der Waals surface area contributed by atoms with Gasteiger partial charge in [-0.1, -0.05) is 17.9 Å². The Morgan fingerprint density at radius 3 is 2.90 bits per heavy atom. The number of aliphatic hydroxyl groups excluding tert-OH is 1. The summed E-state index contributed by atoms with van der Waals surface area (Å²) in [5.41, 5.74) is 1.37. The van der Waals surface area contributed by atoms with Crippen LogP contribution in [0.3, 0.4) is 0 Å². The van der Waals surface area contributed by atoms with E-state index in [9.17, 15) is 4.79 Å². The average molecular weight is 290 g/mol. The number of furan rings is 1. The van der Waals surface area contributed by atoms with Gasteiger partial charge in [0.2, 0.25) is 0 Å². The second-order valence-electron chi connectivity index (χ2n) is 3.91. The number of anilines is 1. The van der Waals surface area contributed by atoms with E-state index >= 15 is 0 Å². The molecule has 0 unspecified atom stereocenters. The van der Waals surface area contributed by atoms with Gasteiger partial charge >= 0.3 is 0 Å². The number of halogens is 1. The zero-order valence-corrected chi connectivity index (χ0v) is 11.3. The van der Waals surface area contributed by atoms with Crippen LogP contribution in [0.25, 0.3) is 0 Å². The van der Waals surface area contributed by atoms with Gasteiger partial charge in [-0.15, -0.1) is 0 Å². The van der Waals surface area contributed by atoms with Gasteiger partial charge in [-0.3, -0.25) is 4.79 Å². The maximum atomic E-state index is 11.9. The highest BCUT2D eigenvalue weighted by atomic mass is 35.5. The predicted octanol–water partition coefficient (Wildman–Crippen LogP) is 2.92. The van der Waals surface area contributed by atoms with E-state index in [1.165, 1.54) is 12.1 Å². The van der Waals surface area contributed by atoms with Crippen LogP contribution >= 0.6 is 11.6 Å². The third kappa shape index (κ3) is 3.89. The molecule has 1 amide bonds. The van der Waals surface area contributed by atoms with E-state index in [2.05, 4.69) is 17.2 Å². The number of benzene rings is 1. The molecular formula is C15H12ClNO3. The van der Waals surface area contributed by atoms with Crippen LogP contribution in [0.2, 0.25) is 5.22 Å². The third-order valence-electron chi connectivity index (χ3n) is 2.39. The Hall–Kier alpha value is -2.22. The molecule has 0 bridgehead atoms. The molecule has 0 atom stereocenters. The van der Waals surface area contributed by atoms with Gasteiger partial charge in [0, 0.05) is 17.7 Å². The molecular weight excluding hydrogens is 278 g/mol. The molecule has 0 spiro atoms.